The van der Waals surface area contributed by atoms with Crippen LogP contribution in [0.25, 0.3) is 0 Å². The van der Waals surface area contributed by atoms with Crippen LogP contribution in [0.4, 0.5) is 31.1 Å². The van der Waals surface area contributed by atoms with Gasteiger partial charge < -0.3 is 14.4 Å². The van der Waals surface area contributed by atoms with Crippen molar-refractivity contribution in [3.8, 4) is 5.75 Å². The average molecular weight is 525 g/mol. The summed E-state index contributed by atoms with van der Waals surface area (Å²) in [7, 11) is 1.53. The van der Waals surface area contributed by atoms with Crippen LogP contribution in [0.1, 0.15) is 61.8 Å². The number of hydrogen-bond acceptors (Lipinski definition) is 4. The molecule has 0 atom stereocenters. The summed E-state index contributed by atoms with van der Waals surface area (Å²) in [6, 6.07) is 0.562. The molecule has 6 nitrogen and oxygen atoms in total. The van der Waals surface area contributed by atoms with Crippen molar-refractivity contribution in [1.29, 1.82) is 0 Å². The highest BCUT2D eigenvalue weighted by Gasteiger charge is 2.75. The van der Waals surface area contributed by atoms with Gasteiger partial charge in [0.2, 0.25) is 5.91 Å². The lowest BCUT2D eigenvalue weighted by atomic mass is 9.84. The van der Waals surface area contributed by atoms with Crippen molar-refractivity contribution in [3.05, 3.63) is 28.3 Å². The first-order chi connectivity index (χ1) is 16.8. The molecule has 0 spiro atoms. The number of rotatable bonds is 10. The quantitative estimate of drug-likeness (QED) is 0.231. The van der Waals surface area contributed by atoms with Gasteiger partial charge in [-0.15, -0.1) is 0 Å². The first-order valence-electron chi connectivity index (χ1n) is 11.9. The van der Waals surface area contributed by atoms with Gasteiger partial charge in [-0.25, -0.2) is 4.79 Å². The lowest BCUT2D eigenvalue weighted by Gasteiger charge is -2.34. The van der Waals surface area contributed by atoms with E-state index in [0.29, 0.717) is 37.0 Å². The second kappa shape index (κ2) is 10.5. The van der Waals surface area contributed by atoms with E-state index >= 15 is 0 Å². The predicted octanol–water partition coefficient (Wildman–Crippen LogP) is 5.49. The van der Waals surface area contributed by atoms with E-state index in [0.717, 1.165) is 11.0 Å². The van der Waals surface area contributed by atoms with Crippen LogP contribution < -0.4 is 4.74 Å². The number of hydrogen-bond donors (Lipinski definition) is 0. The molecule has 36 heavy (non-hydrogen) atoms. The van der Waals surface area contributed by atoms with Crippen molar-refractivity contribution in [1.82, 2.24) is 9.80 Å². The zero-order chi connectivity index (χ0) is 26.9. The van der Waals surface area contributed by atoms with Crippen molar-refractivity contribution in [2.75, 3.05) is 26.7 Å². The van der Waals surface area contributed by atoms with Crippen LogP contribution >= 0.6 is 0 Å². The number of ether oxygens (including phenoxy) is 2. The summed E-state index contributed by atoms with van der Waals surface area (Å²) >= 11 is 0. The summed E-state index contributed by atoms with van der Waals surface area (Å²) < 4.78 is 93.9. The van der Waals surface area contributed by atoms with Crippen LogP contribution in [0.3, 0.4) is 0 Å². The number of imide groups is 1. The topological polar surface area (TPSA) is 59.1 Å². The lowest BCUT2D eigenvalue weighted by molar-refractivity contribution is -0.385. The lowest BCUT2D eigenvalue weighted by Crippen LogP contribution is -2.53. The number of benzene rings is 1. The van der Waals surface area contributed by atoms with E-state index in [-0.39, 0.29) is 55.6 Å². The molecule has 0 saturated carbocycles. The molecule has 12 heteroatoms. The Morgan fingerprint density at radius 1 is 1.03 bits per heavy atom. The van der Waals surface area contributed by atoms with Gasteiger partial charge in [-0.05, 0) is 42.9 Å². The molecule has 2 heterocycles. The molecule has 0 unspecified atom stereocenters. The summed E-state index contributed by atoms with van der Waals surface area (Å²) in [6.45, 7) is 3.08. The van der Waals surface area contributed by atoms with E-state index in [1.165, 1.54) is 11.9 Å². The van der Waals surface area contributed by atoms with Crippen LogP contribution in [-0.2, 0) is 34.6 Å². The fourth-order valence-electron chi connectivity index (χ4n) is 4.77. The maximum Gasteiger partial charge on any atom is 0.430 e. The molecule has 1 saturated heterocycles. The summed E-state index contributed by atoms with van der Waals surface area (Å²) in [6.07, 6.45) is -9.08. The van der Waals surface area contributed by atoms with E-state index in [1.807, 2.05) is 0 Å². The van der Waals surface area contributed by atoms with Gasteiger partial charge in [0.15, 0.2) is 0 Å². The van der Waals surface area contributed by atoms with E-state index in [4.69, 9.17) is 4.74 Å². The van der Waals surface area contributed by atoms with Gasteiger partial charge >= 0.3 is 18.4 Å². The fraction of sp³-hybridized carbons (Fsp3) is 0.667. The Hall–Kier alpha value is -2.50. The van der Waals surface area contributed by atoms with Gasteiger partial charge in [0.1, 0.15) is 12.3 Å². The van der Waals surface area contributed by atoms with Gasteiger partial charge in [-0.2, -0.15) is 26.3 Å². The van der Waals surface area contributed by atoms with Crippen molar-refractivity contribution >= 4 is 11.9 Å². The van der Waals surface area contributed by atoms with Gasteiger partial charge in [0.05, 0.1) is 13.2 Å². The number of aryl methyl sites for hydroxylation is 1. The minimum Gasteiger partial charge on any atom is -0.493 e. The third-order valence-corrected chi connectivity index (χ3v) is 6.46. The Morgan fingerprint density at radius 3 is 2.19 bits per heavy atom. The molecule has 0 bridgehead atoms. The van der Waals surface area contributed by atoms with Gasteiger partial charge in [0, 0.05) is 24.7 Å². The number of amides is 3. The van der Waals surface area contributed by atoms with E-state index in [9.17, 15) is 35.9 Å². The Morgan fingerprint density at radius 2 is 1.67 bits per heavy atom. The summed E-state index contributed by atoms with van der Waals surface area (Å²) in [4.78, 5) is 26.3. The van der Waals surface area contributed by atoms with Crippen molar-refractivity contribution in [2.24, 2.45) is 0 Å². The number of alkyl halides is 6. The second-order valence-corrected chi connectivity index (χ2v) is 9.07. The van der Waals surface area contributed by atoms with Gasteiger partial charge in [-0.3, -0.25) is 9.69 Å². The molecule has 2 aliphatic heterocycles. The van der Waals surface area contributed by atoms with Gasteiger partial charge in [-0.1, -0.05) is 26.7 Å². The molecule has 0 aliphatic carbocycles. The summed E-state index contributed by atoms with van der Waals surface area (Å²) in [5.74, 6) is 0.00424. The van der Waals surface area contributed by atoms with E-state index in [2.05, 4.69) is 4.74 Å². The van der Waals surface area contributed by atoms with Crippen molar-refractivity contribution in [2.45, 2.75) is 76.9 Å². The largest absolute Gasteiger partial charge is 0.493 e. The Labute approximate surface area is 205 Å². The number of urea groups is 1. The van der Waals surface area contributed by atoms with Crippen LogP contribution in [0.2, 0.25) is 0 Å². The number of unbranched alkanes of at least 4 members (excludes halogenated alkanes) is 1. The fourth-order valence-corrected chi connectivity index (χ4v) is 4.77. The van der Waals surface area contributed by atoms with Crippen LogP contribution in [0.15, 0.2) is 6.07 Å². The molecule has 1 aromatic rings. The molecule has 1 fully saturated rings. The average Bonchev–Trinajstić information content (AvgIpc) is 3.28. The number of fused-ring (bicyclic) bond motifs is 1. The Kier molecular flexibility index (Phi) is 8.17. The van der Waals surface area contributed by atoms with E-state index in [1.54, 1.807) is 13.8 Å². The van der Waals surface area contributed by atoms with Crippen molar-refractivity contribution in [3.63, 3.8) is 0 Å². The predicted molar refractivity (Wildman–Crippen MR) is 117 cm³/mol. The number of carbonyl (C=O) groups is 2. The van der Waals surface area contributed by atoms with E-state index < -0.39 is 30.1 Å². The smallest absolute Gasteiger partial charge is 0.430 e. The monoisotopic (exact) mass is 524 g/mol. The highest BCUT2D eigenvalue weighted by atomic mass is 19.4. The molecule has 0 aromatic heterocycles. The minimum absolute atomic E-state index is 0.0185. The zero-order valence-corrected chi connectivity index (χ0v) is 20.4. The zero-order valence-electron chi connectivity index (χ0n) is 20.4. The normalized spacial score (nSPS) is 17.8. The highest BCUT2D eigenvalue weighted by molar-refractivity contribution is 6.01. The molecule has 0 N–H and O–H groups in total. The first kappa shape index (κ1) is 28.1. The third-order valence-electron chi connectivity index (χ3n) is 6.46. The number of halogens is 6. The van der Waals surface area contributed by atoms with Crippen LogP contribution in [0.5, 0.6) is 5.75 Å². The van der Waals surface area contributed by atoms with Crippen LogP contribution in [0, 0.1) is 0 Å². The standard InChI is InChI=1S/C24H30F6N2O4/c1-4-8-15-12-18-17(14-36-22(18,23(25,26)27)24(28,29)30)16(9-5-2)20(15)35-11-7-6-10-32-19(33)13-31(3)21(32)34/h12H,4-11,13-14H2,1-3H3. The highest BCUT2D eigenvalue weighted by Crippen LogP contribution is 2.58. The Balaban J connectivity index is 1.88. The van der Waals surface area contributed by atoms with Crippen LogP contribution in [-0.4, -0.2) is 60.8 Å². The first-order valence-corrected chi connectivity index (χ1v) is 11.9. The molecule has 202 valence electrons. The number of likely N-dealkylation sites (N-methyl/N-ethyl adjacent to an activating group) is 1. The SMILES string of the molecule is CCCc1cc2c(c(CCC)c1OCCCCN1C(=O)CN(C)C1=O)COC2(C(F)(F)F)C(F)(F)F. The summed E-state index contributed by atoms with van der Waals surface area (Å²) in [5, 5.41) is 0. The molecular weight excluding hydrogens is 494 g/mol. The van der Waals surface area contributed by atoms with Gasteiger partial charge in [0.25, 0.3) is 5.60 Å². The molecular formula is C24H30F6N2O4. The molecule has 3 rings (SSSR count). The van der Waals surface area contributed by atoms with Crippen molar-refractivity contribution < 1.29 is 45.4 Å². The molecule has 2 aliphatic rings. The minimum atomic E-state index is -5.69. The Bertz CT molecular complexity index is 978. The maximum absolute atomic E-state index is 13.9. The number of carbonyl (C=O) groups excluding carboxylic acids is 2. The summed E-state index contributed by atoms with van der Waals surface area (Å²) in [5.41, 5.74) is -4.83. The second-order valence-electron chi connectivity index (χ2n) is 9.07. The third kappa shape index (κ3) is 4.88. The molecule has 3 amide bonds. The maximum atomic E-state index is 13.9. The molecule has 0 radical (unpaired) electrons. The molecule has 1 aromatic carbocycles. The number of nitrogens with zero attached hydrogens (tertiary/aromatic N) is 2.